The summed E-state index contributed by atoms with van der Waals surface area (Å²) in [6, 6.07) is 11.7. The van der Waals surface area contributed by atoms with Gasteiger partial charge in [0.15, 0.2) is 0 Å². The number of hydrogen-bond donors (Lipinski definition) is 2. The number of carbonyl (C=O) groups excluding carboxylic acids is 2. The van der Waals surface area contributed by atoms with Gasteiger partial charge in [-0.1, -0.05) is 11.8 Å². The Morgan fingerprint density at radius 2 is 1.86 bits per heavy atom. The first kappa shape index (κ1) is 26.4. The van der Waals surface area contributed by atoms with Gasteiger partial charge in [-0.05, 0) is 66.9 Å². The van der Waals surface area contributed by atoms with E-state index < -0.39 is 23.4 Å². The molecular formula is C25H23F3N4O4S. The number of ether oxygens (including phenoxy) is 2. The molecule has 8 nitrogen and oxygen atoms in total. The second-order valence-corrected chi connectivity index (χ2v) is 9.26. The number of alkyl halides is 3. The largest absolute Gasteiger partial charge is 0.573 e. The number of methoxy groups -OCH3 is 1. The first-order valence-electron chi connectivity index (χ1n) is 11.2. The van der Waals surface area contributed by atoms with Gasteiger partial charge >= 0.3 is 6.36 Å². The highest BCUT2D eigenvalue weighted by Crippen LogP contribution is 2.41. The minimum absolute atomic E-state index is 0.138. The third-order valence-electron chi connectivity index (χ3n) is 5.26. The van der Waals surface area contributed by atoms with Crippen molar-refractivity contribution in [2.75, 3.05) is 19.0 Å². The zero-order valence-electron chi connectivity index (χ0n) is 19.6. The van der Waals surface area contributed by atoms with Gasteiger partial charge in [0.05, 0.1) is 5.56 Å². The molecule has 4 rings (SSSR count). The molecule has 2 N–H and O–H groups in total. The zero-order valence-corrected chi connectivity index (χ0v) is 20.4. The van der Waals surface area contributed by atoms with Crippen LogP contribution in [0.25, 0.3) is 0 Å². The minimum Gasteiger partial charge on any atom is -0.406 e. The lowest BCUT2D eigenvalue weighted by molar-refractivity contribution is -0.274. The molecule has 1 fully saturated rings. The van der Waals surface area contributed by atoms with Crippen molar-refractivity contribution in [3.63, 3.8) is 0 Å². The van der Waals surface area contributed by atoms with Crippen LogP contribution >= 0.6 is 11.8 Å². The Labute approximate surface area is 215 Å². The summed E-state index contributed by atoms with van der Waals surface area (Å²) < 4.78 is 46.0. The molecule has 1 aromatic carbocycles. The van der Waals surface area contributed by atoms with E-state index in [-0.39, 0.29) is 23.8 Å². The van der Waals surface area contributed by atoms with E-state index in [0.717, 1.165) is 36.2 Å². The standard InChI is InChI=1S/C25H23F3N4O4S/c1-35-14-21(33)32-23(16-10-12-29-20(13-16)15-4-5-15)37-24-19(3-2-11-30-24)22(34)31-17-6-8-18(9-7-17)36-25(26,27)28/h2-3,6-13,15,23H,4-5,14H2,1H3,(H,31,34)(H,32,33). The van der Waals surface area contributed by atoms with Crippen molar-refractivity contribution in [3.05, 3.63) is 77.7 Å². The smallest absolute Gasteiger partial charge is 0.406 e. The maximum atomic E-state index is 13.0. The van der Waals surface area contributed by atoms with Crippen LogP contribution in [0.15, 0.2) is 66.0 Å². The Morgan fingerprint density at radius 1 is 1.11 bits per heavy atom. The van der Waals surface area contributed by atoms with Crippen LogP contribution in [-0.4, -0.2) is 41.9 Å². The summed E-state index contributed by atoms with van der Waals surface area (Å²) in [5, 5.41) is 5.32. The van der Waals surface area contributed by atoms with Crippen molar-refractivity contribution in [1.29, 1.82) is 0 Å². The molecule has 1 aliphatic rings. The molecule has 194 valence electrons. The first-order chi connectivity index (χ1) is 17.7. The fourth-order valence-corrected chi connectivity index (χ4v) is 4.54. The zero-order chi connectivity index (χ0) is 26.4. The van der Waals surface area contributed by atoms with Crippen LogP contribution in [0.2, 0.25) is 0 Å². The lowest BCUT2D eigenvalue weighted by atomic mass is 10.2. The SMILES string of the molecule is COCC(=O)NC(Sc1ncccc1C(=O)Nc1ccc(OC(F)(F)F)cc1)c1ccnc(C2CC2)c1. The second kappa shape index (κ2) is 11.6. The van der Waals surface area contributed by atoms with Crippen LogP contribution in [-0.2, 0) is 9.53 Å². The molecule has 1 atom stereocenters. The van der Waals surface area contributed by atoms with E-state index in [2.05, 4.69) is 25.3 Å². The van der Waals surface area contributed by atoms with Gasteiger partial charge in [0, 0.05) is 36.8 Å². The van der Waals surface area contributed by atoms with Crippen LogP contribution in [0.1, 0.15) is 45.7 Å². The van der Waals surface area contributed by atoms with Gasteiger partial charge in [-0.25, -0.2) is 4.98 Å². The van der Waals surface area contributed by atoms with E-state index >= 15 is 0 Å². The van der Waals surface area contributed by atoms with Crippen LogP contribution in [0, 0.1) is 0 Å². The van der Waals surface area contributed by atoms with Crippen LogP contribution in [0.5, 0.6) is 5.75 Å². The van der Waals surface area contributed by atoms with Gasteiger partial charge in [-0.15, -0.1) is 13.2 Å². The summed E-state index contributed by atoms with van der Waals surface area (Å²) in [7, 11) is 1.42. The third kappa shape index (κ3) is 7.67. The number of amides is 2. The fraction of sp³-hybridized carbons (Fsp3) is 0.280. The molecule has 1 unspecified atom stereocenters. The number of pyridine rings is 2. The van der Waals surface area contributed by atoms with Gasteiger partial charge in [-0.3, -0.25) is 14.6 Å². The molecule has 2 aromatic heterocycles. The van der Waals surface area contributed by atoms with Crippen molar-refractivity contribution < 1.29 is 32.2 Å². The summed E-state index contributed by atoms with van der Waals surface area (Å²) in [6.07, 6.45) is 0.544. The highest BCUT2D eigenvalue weighted by molar-refractivity contribution is 7.99. The number of thioether (sulfide) groups is 1. The molecule has 37 heavy (non-hydrogen) atoms. The predicted octanol–water partition coefficient (Wildman–Crippen LogP) is 5.06. The third-order valence-corrected chi connectivity index (χ3v) is 6.44. The molecule has 0 bridgehead atoms. The quantitative estimate of drug-likeness (QED) is 0.278. The van der Waals surface area contributed by atoms with Gasteiger partial charge in [-0.2, -0.15) is 0 Å². The molecule has 0 spiro atoms. The number of aromatic nitrogens is 2. The summed E-state index contributed by atoms with van der Waals surface area (Å²) in [5.41, 5.74) is 2.24. The maximum Gasteiger partial charge on any atom is 0.573 e. The average molecular weight is 533 g/mol. The van der Waals surface area contributed by atoms with E-state index in [1.165, 1.54) is 37.2 Å². The van der Waals surface area contributed by atoms with E-state index in [4.69, 9.17) is 4.74 Å². The minimum atomic E-state index is -4.81. The lowest BCUT2D eigenvalue weighted by Gasteiger charge is -2.20. The molecule has 1 aliphatic carbocycles. The summed E-state index contributed by atoms with van der Waals surface area (Å²) >= 11 is 1.18. The number of nitrogens with zero attached hydrogens (tertiary/aromatic N) is 2. The van der Waals surface area contributed by atoms with Gasteiger partial charge in [0.2, 0.25) is 5.91 Å². The topological polar surface area (TPSA) is 102 Å². The Kier molecular flexibility index (Phi) is 8.29. The van der Waals surface area contributed by atoms with Crippen LogP contribution in [0.4, 0.5) is 18.9 Å². The fourth-order valence-electron chi connectivity index (χ4n) is 3.44. The van der Waals surface area contributed by atoms with Gasteiger partial charge < -0.3 is 20.1 Å². The number of anilines is 1. The van der Waals surface area contributed by atoms with Crippen molar-refractivity contribution in [2.24, 2.45) is 0 Å². The Hall–Kier alpha value is -3.64. The van der Waals surface area contributed by atoms with Crippen molar-refractivity contribution >= 4 is 29.3 Å². The van der Waals surface area contributed by atoms with Crippen molar-refractivity contribution in [2.45, 2.75) is 35.5 Å². The van der Waals surface area contributed by atoms with Gasteiger partial charge in [0.1, 0.15) is 22.8 Å². The van der Waals surface area contributed by atoms with Crippen LogP contribution in [0.3, 0.4) is 0 Å². The number of nitrogens with one attached hydrogen (secondary N) is 2. The summed E-state index contributed by atoms with van der Waals surface area (Å²) in [6.45, 7) is -0.138. The van der Waals surface area contributed by atoms with E-state index in [1.54, 1.807) is 24.4 Å². The molecular weight excluding hydrogens is 509 g/mol. The normalized spacial score (nSPS) is 14.1. The molecule has 0 radical (unpaired) electrons. The van der Waals surface area contributed by atoms with Gasteiger partial charge in [0.25, 0.3) is 5.91 Å². The van der Waals surface area contributed by atoms with E-state index in [1.807, 2.05) is 6.07 Å². The summed E-state index contributed by atoms with van der Waals surface area (Å²) in [5.74, 6) is -0.853. The molecule has 3 aromatic rings. The average Bonchev–Trinajstić information content (AvgIpc) is 3.70. The molecule has 1 saturated carbocycles. The lowest BCUT2D eigenvalue weighted by Crippen LogP contribution is -2.30. The highest BCUT2D eigenvalue weighted by Gasteiger charge is 2.31. The molecule has 2 heterocycles. The number of rotatable bonds is 10. The van der Waals surface area contributed by atoms with Crippen LogP contribution < -0.4 is 15.4 Å². The number of carbonyl (C=O) groups is 2. The molecule has 0 aliphatic heterocycles. The Morgan fingerprint density at radius 3 is 2.54 bits per heavy atom. The number of hydrogen-bond acceptors (Lipinski definition) is 7. The molecule has 2 amide bonds. The monoisotopic (exact) mass is 532 g/mol. The Bertz CT molecular complexity index is 1250. The molecule has 0 saturated heterocycles. The number of benzene rings is 1. The Balaban J connectivity index is 1.53. The highest BCUT2D eigenvalue weighted by atomic mass is 32.2. The van der Waals surface area contributed by atoms with Crippen molar-refractivity contribution in [3.8, 4) is 5.75 Å². The maximum absolute atomic E-state index is 13.0. The first-order valence-corrected chi connectivity index (χ1v) is 12.1. The van der Waals surface area contributed by atoms with E-state index in [0.29, 0.717) is 10.9 Å². The summed E-state index contributed by atoms with van der Waals surface area (Å²) in [4.78, 5) is 34.2. The second-order valence-electron chi connectivity index (χ2n) is 8.17. The van der Waals surface area contributed by atoms with Crippen molar-refractivity contribution in [1.82, 2.24) is 15.3 Å². The number of halogens is 3. The van der Waals surface area contributed by atoms with E-state index in [9.17, 15) is 22.8 Å². The predicted molar refractivity (Wildman–Crippen MR) is 130 cm³/mol. The molecule has 12 heteroatoms.